The fourth-order valence-corrected chi connectivity index (χ4v) is 2.20. The van der Waals surface area contributed by atoms with Crippen molar-refractivity contribution in [3.8, 4) is 11.5 Å². The molecule has 1 aromatic carbocycles. The summed E-state index contributed by atoms with van der Waals surface area (Å²) < 4.78 is 10.7. The predicted molar refractivity (Wildman–Crippen MR) is 67.4 cm³/mol. The van der Waals surface area contributed by atoms with Gasteiger partial charge in [0.25, 0.3) is 0 Å². The summed E-state index contributed by atoms with van der Waals surface area (Å²) in [6.07, 6.45) is 1.95. The Balaban J connectivity index is 2.43. The number of ether oxygens (including phenoxy) is 2. The molecule has 0 saturated heterocycles. The molecule has 0 aliphatic heterocycles. The second kappa shape index (κ2) is 4.20. The van der Waals surface area contributed by atoms with Crippen LogP contribution in [0.25, 0.3) is 0 Å². The second-order valence-electron chi connectivity index (χ2n) is 4.73. The van der Waals surface area contributed by atoms with Gasteiger partial charge >= 0.3 is 0 Å². The summed E-state index contributed by atoms with van der Waals surface area (Å²) in [5, 5.41) is 0. The molecule has 1 aliphatic rings. The van der Waals surface area contributed by atoms with Crippen molar-refractivity contribution in [2.75, 3.05) is 14.2 Å². The van der Waals surface area contributed by atoms with Gasteiger partial charge in [-0.25, -0.2) is 0 Å². The summed E-state index contributed by atoms with van der Waals surface area (Å²) >= 11 is 0. The molecule has 0 spiro atoms. The number of methoxy groups -OCH3 is 2. The van der Waals surface area contributed by atoms with Gasteiger partial charge in [0.1, 0.15) is 11.5 Å². The van der Waals surface area contributed by atoms with Crippen molar-refractivity contribution < 1.29 is 9.47 Å². The first-order chi connectivity index (χ1) is 8.03. The normalized spacial score (nSPS) is 18.6. The average molecular weight is 236 g/mol. The van der Waals surface area contributed by atoms with Crippen molar-refractivity contribution in [2.45, 2.75) is 31.3 Å². The van der Waals surface area contributed by atoms with E-state index >= 15 is 0 Å². The van der Waals surface area contributed by atoms with Gasteiger partial charge in [-0.2, -0.15) is 0 Å². The van der Waals surface area contributed by atoms with E-state index in [0.717, 1.165) is 35.5 Å². The van der Waals surface area contributed by atoms with E-state index in [9.17, 15) is 0 Å². The maximum Gasteiger partial charge on any atom is 0.130 e. The summed E-state index contributed by atoms with van der Waals surface area (Å²) in [7, 11) is 3.29. The second-order valence-corrected chi connectivity index (χ2v) is 4.73. The highest BCUT2D eigenvalue weighted by Crippen LogP contribution is 2.46. The Kier molecular flexibility index (Phi) is 3.02. The van der Waals surface area contributed by atoms with Crippen molar-refractivity contribution in [3.05, 3.63) is 23.3 Å². The molecule has 0 heterocycles. The van der Waals surface area contributed by atoms with E-state index in [1.54, 1.807) is 14.2 Å². The summed E-state index contributed by atoms with van der Waals surface area (Å²) in [6.45, 7) is 1.96. The first-order valence-electron chi connectivity index (χ1n) is 5.79. The van der Waals surface area contributed by atoms with Gasteiger partial charge in [-0.1, -0.05) is 0 Å². The number of hydrogen-bond donors (Lipinski definition) is 2. The summed E-state index contributed by atoms with van der Waals surface area (Å²) in [5.41, 5.74) is 14.1. The third-order valence-corrected chi connectivity index (χ3v) is 3.59. The van der Waals surface area contributed by atoms with Gasteiger partial charge in [0.05, 0.1) is 20.3 Å². The van der Waals surface area contributed by atoms with Gasteiger partial charge < -0.3 is 20.9 Å². The van der Waals surface area contributed by atoms with E-state index in [-0.39, 0.29) is 11.6 Å². The first kappa shape index (κ1) is 12.2. The van der Waals surface area contributed by atoms with Crippen LogP contribution in [0, 0.1) is 6.92 Å². The molecule has 17 heavy (non-hydrogen) atoms. The minimum absolute atomic E-state index is 0.179. The van der Waals surface area contributed by atoms with E-state index in [2.05, 4.69) is 0 Å². The van der Waals surface area contributed by atoms with Crippen LogP contribution in [-0.4, -0.2) is 19.8 Å². The first-order valence-corrected chi connectivity index (χ1v) is 5.79. The molecule has 0 bridgehead atoms. The molecule has 94 valence electrons. The van der Waals surface area contributed by atoms with Crippen molar-refractivity contribution in [2.24, 2.45) is 11.5 Å². The lowest BCUT2D eigenvalue weighted by Gasteiger charge is -2.23. The Morgan fingerprint density at radius 1 is 1.24 bits per heavy atom. The van der Waals surface area contributed by atoms with Gasteiger partial charge in [-0.05, 0) is 31.9 Å². The summed E-state index contributed by atoms with van der Waals surface area (Å²) in [6, 6.07) is 3.68. The monoisotopic (exact) mass is 236 g/mol. The Labute approximate surface area is 102 Å². The maximum absolute atomic E-state index is 6.23. The van der Waals surface area contributed by atoms with Crippen molar-refractivity contribution in [1.29, 1.82) is 0 Å². The molecule has 1 unspecified atom stereocenters. The highest BCUT2D eigenvalue weighted by Gasteiger charge is 2.45. The fourth-order valence-electron chi connectivity index (χ4n) is 2.20. The quantitative estimate of drug-likeness (QED) is 0.831. The lowest BCUT2D eigenvalue weighted by molar-refractivity contribution is 0.378. The van der Waals surface area contributed by atoms with E-state index < -0.39 is 0 Å². The minimum Gasteiger partial charge on any atom is -0.496 e. The van der Waals surface area contributed by atoms with Gasteiger partial charge in [0.2, 0.25) is 0 Å². The van der Waals surface area contributed by atoms with Crippen LogP contribution in [0.15, 0.2) is 12.1 Å². The maximum atomic E-state index is 6.23. The SMILES string of the molecule is COc1ccc(C(N)C2(N)CC2)c(OC)c1C. The smallest absolute Gasteiger partial charge is 0.130 e. The largest absolute Gasteiger partial charge is 0.496 e. The van der Waals surface area contributed by atoms with Crippen LogP contribution in [0.5, 0.6) is 11.5 Å². The van der Waals surface area contributed by atoms with Crippen molar-refractivity contribution >= 4 is 0 Å². The lowest BCUT2D eigenvalue weighted by atomic mass is 9.95. The summed E-state index contributed by atoms with van der Waals surface area (Å²) in [4.78, 5) is 0. The number of rotatable bonds is 4. The molecule has 1 atom stereocenters. The fraction of sp³-hybridized carbons (Fsp3) is 0.538. The molecule has 4 heteroatoms. The van der Waals surface area contributed by atoms with Gasteiger partial charge in [-0.15, -0.1) is 0 Å². The van der Waals surface area contributed by atoms with Crippen LogP contribution in [-0.2, 0) is 0 Å². The van der Waals surface area contributed by atoms with Crippen LogP contribution in [0.2, 0.25) is 0 Å². The molecular formula is C13H20N2O2. The molecule has 0 radical (unpaired) electrons. The van der Waals surface area contributed by atoms with Crippen LogP contribution in [0.3, 0.4) is 0 Å². The molecular weight excluding hydrogens is 216 g/mol. The van der Waals surface area contributed by atoms with Crippen LogP contribution in [0.1, 0.15) is 30.0 Å². The zero-order valence-corrected chi connectivity index (χ0v) is 10.6. The molecule has 1 fully saturated rings. The third kappa shape index (κ3) is 1.98. The Morgan fingerprint density at radius 2 is 1.88 bits per heavy atom. The van der Waals surface area contributed by atoms with E-state index in [1.165, 1.54) is 0 Å². The molecule has 1 saturated carbocycles. The van der Waals surface area contributed by atoms with Crippen molar-refractivity contribution in [1.82, 2.24) is 0 Å². The standard InChI is InChI=1S/C13H20N2O2/c1-8-10(16-2)5-4-9(11(8)17-3)12(14)13(15)6-7-13/h4-5,12H,6-7,14-15H2,1-3H3. The highest BCUT2D eigenvalue weighted by atomic mass is 16.5. The lowest BCUT2D eigenvalue weighted by Crippen LogP contribution is -2.36. The molecule has 4 N–H and O–H groups in total. The predicted octanol–water partition coefficient (Wildman–Crippen LogP) is 1.50. The van der Waals surface area contributed by atoms with E-state index in [4.69, 9.17) is 20.9 Å². The van der Waals surface area contributed by atoms with Gasteiger partial charge in [-0.3, -0.25) is 0 Å². The Bertz CT molecular complexity index is 428. The van der Waals surface area contributed by atoms with Crippen LogP contribution in [0.4, 0.5) is 0 Å². The van der Waals surface area contributed by atoms with Crippen LogP contribution < -0.4 is 20.9 Å². The van der Waals surface area contributed by atoms with E-state index in [0.29, 0.717) is 0 Å². The zero-order chi connectivity index (χ0) is 12.6. The summed E-state index contributed by atoms with van der Waals surface area (Å²) in [5.74, 6) is 1.59. The third-order valence-electron chi connectivity index (χ3n) is 3.59. The molecule has 1 aromatic rings. The Hall–Kier alpha value is -1.26. The Morgan fingerprint density at radius 3 is 2.35 bits per heavy atom. The van der Waals surface area contributed by atoms with Gasteiger partial charge in [0, 0.05) is 16.7 Å². The topological polar surface area (TPSA) is 70.5 Å². The molecule has 2 rings (SSSR count). The molecule has 0 aromatic heterocycles. The van der Waals surface area contributed by atoms with E-state index in [1.807, 2.05) is 19.1 Å². The van der Waals surface area contributed by atoms with Gasteiger partial charge in [0.15, 0.2) is 0 Å². The molecule has 1 aliphatic carbocycles. The molecule has 4 nitrogen and oxygen atoms in total. The number of nitrogens with two attached hydrogens (primary N) is 2. The molecule has 0 amide bonds. The average Bonchev–Trinajstić information content (AvgIpc) is 3.07. The number of hydrogen-bond acceptors (Lipinski definition) is 4. The van der Waals surface area contributed by atoms with Crippen LogP contribution >= 0.6 is 0 Å². The minimum atomic E-state index is -0.256. The van der Waals surface area contributed by atoms with Crippen molar-refractivity contribution in [3.63, 3.8) is 0 Å². The zero-order valence-electron chi connectivity index (χ0n) is 10.6. The number of benzene rings is 1. The highest BCUT2D eigenvalue weighted by molar-refractivity contribution is 5.51.